The van der Waals surface area contributed by atoms with Crippen LogP contribution in [0.4, 0.5) is 0 Å². The Hall–Kier alpha value is -0.610. The minimum Gasteiger partial charge on any atom is -0.481 e. The number of aliphatic carboxylic acids is 1. The molecule has 1 fully saturated rings. The first-order valence-electron chi connectivity index (χ1n) is 5.66. The summed E-state index contributed by atoms with van der Waals surface area (Å²) in [5, 5.41) is 8.81. The van der Waals surface area contributed by atoms with Crippen LogP contribution in [-0.2, 0) is 4.79 Å². The van der Waals surface area contributed by atoms with Gasteiger partial charge in [0.1, 0.15) is 0 Å². The van der Waals surface area contributed by atoms with Gasteiger partial charge in [-0.15, -0.1) is 0 Å². The topological polar surface area (TPSA) is 43.8 Å². The molecule has 4 nitrogen and oxygen atoms in total. The molecule has 1 saturated heterocycles. The number of likely N-dealkylation sites (N-methyl/N-ethyl adjacent to an activating group) is 1. The summed E-state index contributed by atoms with van der Waals surface area (Å²) in [5.41, 5.74) is 0. The van der Waals surface area contributed by atoms with Crippen molar-refractivity contribution in [3.05, 3.63) is 0 Å². The Balaban J connectivity index is 2.46. The van der Waals surface area contributed by atoms with Gasteiger partial charge in [0.15, 0.2) is 0 Å². The van der Waals surface area contributed by atoms with E-state index in [1.54, 1.807) is 0 Å². The standard InChI is InChI=1S/C11H22N2O2/c1-4-9(7-11(14)15)13-6-5-10(8-13)12(2)3/h9-10H,4-8H2,1-3H3,(H,14,15). The van der Waals surface area contributed by atoms with Crippen LogP contribution in [0.15, 0.2) is 0 Å². The van der Waals surface area contributed by atoms with Crippen molar-refractivity contribution in [2.24, 2.45) is 0 Å². The zero-order chi connectivity index (χ0) is 11.4. The van der Waals surface area contributed by atoms with Crippen LogP contribution in [-0.4, -0.2) is 60.1 Å². The van der Waals surface area contributed by atoms with Crippen LogP contribution >= 0.6 is 0 Å². The first-order chi connectivity index (χ1) is 7.04. The molecule has 1 aliphatic rings. The van der Waals surface area contributed by atoms with E-state index in [2.05, 4.69) is 30.8 Å². The van der Waals surface area contributed by atoms with Gasteiger partial charge in [-0.2, -0.15) is 0 Å². The normalized spacial score (nSPS) is 24.7. The van der Waals surface area contributed by atoms with Gasteiger partial charge in [-0.25, -0.2) is 0 Å². The van der Waals surface area contributed by atoms with Gasteiger partial charge in [0, 0.05) is 25.2 Å². The largest absolute Gasteiger partial charge is 0.481 e. The summed E-state index contributed by atoms with van der Waals surface area (Å²) in [6.07, 6.45) is 2.35. The second-order valence-electron chi connectivity index (χ2n) is 4.56. The van der Waals surface area contributed by atoms with Crippen molar-refractivity contribution in [3.8, 4) is 0 Å². The van der Waals surface area contributed by atoms with Crippen molar-refractivity contribution < 1.29 is 9.90 Å². The van der Waals surface area contributed by atoms with Gasteiger partial charge in [-0.3, -0.25) is 9.69 Å². The number of carbonyl (C=O) groups is 1. The number of nitrogens with zero attached hydrogens (tertiary/aromatic N) is 2. The molecule has 1 rings (SSSR count). The molecule has 88 valence electrons. The number of rotatable bonds is 5. The fourth-order valence-corrected chi connectivity index (χ4v) is 2.25. The van der Waals surface area contributed by atoms with Crippen LogP contribution in [0.5, 0.6) is 0 Å². The van der Waals surface area contributed by atoms with E-state index in [-0.39, 0.29) is 12.5 Å². The fourth-order valence-electron chi connectivity index (χ4n) is 2.25. The molecule has 2 unspecified atom stereocenters. The lowest BCUT2D eigenvalue weighted by atomic mass is 10.1. The number of hydrogen-bond donors (Lipinski definition) is 1. The van der Waals surface area contributed by atoms with E-state index in [0.717, 1.165) is 25.9 Å². The fraction of sp³-hybridized carbons (Fsp3) is 0.909. The van der Waals surface area contributed by atoms with Crippen LogP contribution in [0.2, 0.25) is 0 Å². The molecule has 1 N–H and O–H groups in total. The summed E-state index contributed by atoms with van der Waals surface area (Å²) >= 11 is 0. The monoisotopic (exact) mass is 214 g/mol. The van der Waals surface area contributed by atoms with Crippen LogP contribution in [0.25, 0.3) is 0 Å². The smallest absolute Gasteiger partial charge is 0.304 e. The highest BCUT2D eigenvalue weighted by Gasteiger charge is 2.29. The highest BCUT2D eigenvalue weighted by Crippen LogP contribution is 2.19. The number of carboxylic acid groups (broad SMARTS) is 1. The maximum Gasteiger partial charge on any atom is 0.304 e. The summed E-state index contributed by atoms with van der Waals surface area (Å²) in [4.78, 5) is 15.3. The predicted molar refractivity (Wildman–Crippen MR) is 60.0 cm³/mol. The Labute approximate surface area is 91.9 Å². The average Bonchev–Trinajstić information content (AvgIpc) is 2.62. The zero-order valence-corrected chi connectivity index (χ0v) is 9.94. The molecular formula is C11H22N2O2. The summed E-state index contributed by atoms with van der Waals surface area (Å²) in [6.45, 7) is 4.12. The lowest BCUT2D eigenvalue weighted by Gasteiger charge is -2.26. The van der Waals surface area contributed by atoms with Gasteiger partial charge in [-0.05, 0) is 26.9 Å². The summed E-state index contributed by atoms with van der Waals surface area (Å²) in [6, 6.07) is 0.806. The van der Waals surface area contributed by atoms with Gasteiger partial charge in [0.05, 0.1) is 6.42 Å². The quantitative estimate of drug-likeness (QED) is 0.737. The van der Waals surface area contributed by atoms with Gasteiger partial charge < -0.3 is 10.0 Å². The molecule has 15 heavy (non-hydrogen) atoms. The third-order valence-corrected chi connectivity index (χ3v) is 3.32. The average molecular weight is 214 g/mol. The molecule has 1 aliphatic heterocycles. The van der Waals surface area contributed by atoms with Gasteiger partial charge in [0.25, 0.3) is 0 Å². The summed E-state index contributed by atoms with van der Waals surface area (Å²) in [7, 11) is 4.18. The maximum absolute atomic E-state index is 10.7. The summed E-state index contributed by atoms with van der Waals surface area (Å²) < 4.78 is 0. The van der Waals surface area contributed by atoms with E-state index in [9.17, 15) is 4.79 Å². The van der Waals surface area contributed by atoms with Gasteiger partial charge in [0.2, 0.25) is 0 Å². The second kappa shape index (κ2) is 5.47. The van der Waals surface area contributed by atoms with Crippen LogP contribution in [0.3, 0.4) is 0 Å². The molecule has 0 aliphatic carbocycles. The minimum atomic E-state index is -0.685. The molecule has 0 saturated carbocycles. The predicted octanol–water partition coefficient (Wildman–Crippen LogP) is 0.876. The van der Waals surface area contributed by atoms with E-state index in [0.29, 0.717) is 6.04 Å². The minimum absolute atomic E-state index is 0.215. The highest BCUT2D eigenvalue weighted by molar-refractivity contribution is 5.67. The molecule has 0 spiro atoms. The molecule has 1 heterocycles. The molecule has 0 aromatic rings. The first kappa shape index (κ1) is 12.5. The second-order valence-corrected chi connectivity index (χ2v) is 4.56. The van der Waals surface area contributed by atoms with Crippen molar-refractivity contribution in [2.75, 3.05) is 27.2 Å². The third kappa shape index (κ3) is 3.47. The summed E-state index contributed by atoms with van der Waals surface area (Å²) in [5.74, 6) is -0.685. The van der Waals surface area contributed by atoms with E-state index in [4.69, 9.17) is 5.11 Å². The SMILES string of the molecule is CCC(CC(=O)O)N1CCC(N(C)C)C1. The lowest BCUT2D eigenvalue weighted by Crippen LogP contribution is -2.38. The van der Waals surface area contributed by atoms with Crippen molar-refractivity contribution >= 4 is 5.97 Å². The highest BCUT2D eigenvalue weighted by atomic mass is 16.4. The van der Waals surface area contributed by atoms with E-state index in [1.807, 2.05) is 0 Å². The van der Waals surface area contributed by atoms with Crippen molar-refractivity contribution in [1.29, 1.82) is 0 Å². The molecule has 0 aromatic heterocycles. The zero-order valence-electron chi connectivity index (χ0n) is 9.94. The maximum atomic E-state index is 10.7. The molecule has 4 heteroatoms. The Morgan fingerprint density at radius 2 is 2.27 bits per heavy atom. The van der Waals surface area contributed by atoms with Crippen LogP contribution in [0.1, 0.15) is 26.2 Å². The Kier molecular flexibility index (Phi) is 4.54. The van der Waals surface area contributed by atoms with Crippen LogP contribution < -0.4 is 0 Å². The van der Waals surface area contributed by atoms with E-state index in [1.165, 1.54) is 0 Å². The van der Waals surface area contributed by atoms with E-state index >= 15 is 0 Å². The first-order valence-corrected chi connectivity index (χ1v) is 5.66. The number of carboxylic acids is 1. The van der Waals surface area contributed by atoms with Gasteiger partial charge >= 0.3 is 5.97 Å². The molecular weight excluding hydrogens is 192 g/mol. The Morgan fingerprint density at radius 3 is 2.67 bits per heavy atom. The Morgan fingerprint density at radius 1 is 1.60 bits per heavy atom. The van der Waals surface area contributed by atoms with Crippen molar-refractivity contribution in [2.45, 2.75) is 38.3 Å². The third-order valence-electron chi connectivity index (χ3n) is 3.32. The van der Waals surface area contributed by atoms with Gasteiger partial charge in [-0.1, -0.05) is 6.92 Å². The number of hydrogen-bond acceptors (Lipinski definition) is 3. The molecule has 2 atom stereocenters. The molecule has 0 amide bonds. The molecule has 0 aromatic carbocycles. The molecule has 0 radical (unpaired) electrons. The Bertz CT molecular complexity index is 219. The molecule has 0 bridgehead atoms. The van der Waals surface area contributed by atoms with E-state index < -0.39 is 5.97 Å². The van der Waals surface area contributed by atoms with Crippen molar-refractivity contribution in [1.82, 2.24) is 9.80 Å². The van der Waals surface area contributed by atoms with Crippen LogP contribution in [0, 0.1) is 0 Å². The van der Waals surface area contributed by atoms with Crippen molar-refractivity contribution in [3.63, 3.8) is 0 Å². The number of likely N-dealkylation sites (tertiary alicyclic amines) is 1. The lowest BCUT2D eigenvalue weighted by molar-refractivity contribution is -0.138.